The number of ether oxygens (including phenoxy) is 1. The molecule has 4 unspecified atom stereocenters. The van der Waals surface area contributed by atoms with Gasteiger partial charge in [-0.1, -0.05) is 70.4 Å². The largest absolute Gasteiger partial charge is 0.494 e. The predicted octanol–water partition coefficient (Wildman–Crippen LogP) is 4.85. The summed E-state index contributed by atoms with van der Waals surface area (Å²) in [5.74, 6) is -2.02. The Morgan fingerprint density at radius 1 is 1.00 bits per heavy atom. The van der Waals surface area contributed by atoms with Crippen molar-refractivity contribution in [2.75, 3.05) is 6.61 Å². The number of aliphatic carboxylic acids is 1. The summed E-state index contributed by atoms with van der Waals surface area (Å²) in [6.07, 6.45) is 11.4. The number of hydrogen-bond donors (Lipinski definition) is 2. The molecule has 196 valence electrons. The number of carbonyl (C=O) groups is 3. The molecule has 5 rings (SSSR count). The minimum absolute atomic E-state index is 0.101. The number of carboxylic acid groups (broad SMARTS) is 1. The molecule has 2 amide bonds. The lowest BCUT2D eigenvalue weighted by molar-refractivity contribution is -0.153. The van der Waals surface area contributed by atoms with Crippen molar-refractivity contribution in [3.63, 3.8) is 0 Å². The van der Waals surface area contributed by atoms with Crippen molar-refractivity contribution in [3.8, 4) is 5.75 Å². The molecule has 2 aliphatic carbocycles. The van der Waals surface area contributed by atoms with Crippen LogP contribution >= 0.6 is 0 Å². The highest BCUT2D eigenvalue weighted by Crippen LogP contribution is 2.53. The second-order valence-corrected chi connectivity index (χ2v) is 11.4. The van der Waals surface area contributed by atoms with Crippen LogP contribution in [-0.2, 0) is 14.4 Å². The fourth-order valence-electron chi connectivity index (χ4n) is 7.32. The molecule has 4 aliphatic rings. The number of carboxylic acids is 1. The highest BCUT2D eigenvalue weighted by Gasteiger charge is 2.69. The van der Waals surface area contributed by atoms with Crippen molar-refractivity contribution < 1.29 is 24.2 Å². The van der Waals surface area contributed by atoms with Crippen molar-refractivity contribution in [1.82, 2.24) is 10.2 Å². The Kier molecular flexibility index (Phi) is 7.38. The summed E-state index contributed by atoms with van der Waals surface area (Å²) < 4.78 is 5.73. The van der Waals surface area contributed by atoms with Crippen LogP contribution in [-0.4, -0.2) is 46.0 Å². The summed E-state index contributed by atoms with van der Waals surface area (Å²) in [7, 11) is 0. The van der Waals surface area contributed by atoms with Crippen molar-refractivity contribution in [3.05, 3.63) is 29.8 Å². The van der Waals surface area contributed by atoms with Gasteiger partial charge < -0.3 is 9.84 Å². The predicted molar refractivity (Wildman–Crippen MR) is 135 cm³/mol. The summed E-state index contributed by atoms with van der Waals surface area (Å²) in [6.45, 7) is 2.67. The third-order valence-corrected chi connectivity index (χ3v) is 9.06. The van der Waals surface area contributed by atoms with E-state index in [1.165, 1.54) is 11.3 Å². The van der Waals surface area contributed by atoms with Crippen molar-refractivity contribution >= 4 is 17.8 Å². The number of hydrogen-bond acceptors (Lipinski definition) is 5. The lowest BCUT2D eigenvalue weighted by Gasteiger charge is -2.37. The van der Waals surface area contributed by atoms with Crippen LogP contribution in [0.1, 0.15) is 95.6 Å². The average Bonchev–Trinajstić information content (AvgIpc) is 3.38. The molecule has 2 aliphatic heterocycles. The van der Waals surface area contributed by atoms with Crippen molar-refractivity contribution in [2.45, 2.75) is 102 Å². The fourth-order valence-corrected chi connectivity index (χ4v) is 7.32. The molecule has 4 fully saturated rings. The summed E-state index contributed by atoms with van der Waals surface area (Å²) in [4.78, 5) is 42.5. The Morgan fingerprint density at radius 2 is 1.64 bits per heavy atom. The SMILES string of the molecule is CCCOc1ccc(C2NC(CC3CCCCC3)(C(=O)O)C3C(=O)N(C4CCCCC4)C(=O)C23)cc1. The Balaban J connectivity index is 1.51. The van der Waals surface area contributed by atoms with Crippen LogP contribution in [0, 0.1) is 17.8 Å². The Hall–Kier alpha value is -2.41. The van der Waals surface area contributed by atoms with E-state index in [0.29, 0.717) is 13.0 Å². The average molecular weight is 497 g/mol. The van der Waals surface area contributed by atoms with E-state index < -0.39 is 29.4 Å². The van der Waals surface area contributed by atoms with Crippen LogP contribution in [0.5, 0.6) is 5.75 Å². The van der Waals surface area contributed by atoms with E-state index in [-0.39, 0.29) is 23.8 Å². The normalized spacial score (nSPS) is 31.6. The van der Waals surface area contributed by atoms with Crippen LogP contribution in [0.4, 0.5) is 0 Å². The number of rotatable bonds is 8. The molecule has 1 aromatic rings. The van der Waals surface area contributed by atoms with Gasteiger partial charge in [-0.05, 0) is 49.3 Å². The lowest BCUT2D eigenvalue weighted by atomic mass is 9.72. The quantitative estimate of drug-likeness (QED) is 0.500. The van der Waals surface area contributed by atoms with Gasteiger partial charge in [0, 0.05) is 12.1 Å². The monoisotopic (exact) mass is 496 g/mol. The minimum atomic E-state index is -1.43. The first kappa shape index (κ1) is 25.2. The topological polar surface area (TPSA) is 95.9 Å². The van der Waals surface area contributed by atoms with Gasteiger partial charge in [-0.25, -0.2) is 0 Å². The van der Waals surface area contributed by atoms with Crippen LogP contribution in [0.3, 0.4) is 0 Å². The van der Waals surface area contributed by atoms with Gasteiger partial charge >= 0.3 is 5.97 Å². The van der Waals surface area contributed by atoms with Gasteiger partial charge in [-0.3, -0.25) is 24.6 Å². The molecule has 0 bridgehead atoms. The van der Waals surface area contributed by atoms with E-state index >= 15 is 0 Å². The van der Waals surface area contributed by atoms with Crippen LogP contribution in [0.25, 0.3) is 0 Å². The summed E-state index contributed by atoms with van der Waals surface area (Å²) >= 11 is 0. The highest BCUT2D eigenvalue weighted by atomic mass is 16.5. The molecule has 0 aromatic heterocycles. The van der Waals surface area contributed by atoms with E-state index in [9.17, 15) is 19.5 Å². The first-order valence-electron chi connectivity index (χ1n) is 14.1. The number of nitrogens with one attached hydrogen (secondary N) is 1. The van der Waals surface area contributed by atoms with E-state index in [4.69, 9.17) is 4.74 Å². The minimum Gasteiger partial charge on any atom is -0.494 e. The summed E-state index contributed by atoms with van der Waals surface area (Å²) in [6, 6.07) is 6.97. The van der Waals surface area contributed by atoms with Crippen LogP contribution in [0.2, 0.25) is 0 Å². The van der Waals surface area contributed by atoms with Crippen LogP contribution in [0.15, 0.2) is 24.3 Å². The first-order chi connectivity index (χ1) is 17.5. The number of nitrogens with zero attached hydrogens (tertiary/aromatic N) is 1. The second-order valence-electron chi connectivity index (χ2n) is 11.4. The maximum absolute atomic E-state index is 14.0. The molecule has 2 N–H and O–H groups in total. The molecule has 2 saturated heterocycles. The highest BCUT2D eigenvalue weighted by molar-refractivity contribution is 6.09. The number of fused-ring (bicyclic) bond motifs is 1. The third-order valence-electron chi connectivity index (χ3n) is 9.06. The van der Waals surface area contributed by atoms with Gasteiger partial charge in [0.25, 0.3) is 0 Å². The first-order valence-corrected chi connectivity index (χ1v) is 14.1. The lowest BCUT2D eigenvalue weighted by Crippen LogP contribution is -2.57. The molecule has 7 nitrogen and oxygen atoms in total. The molecule has 4 atom stereocenters. The summed E-state index contributed by atoms with van der Waals surface area (Å²) in [5, 5.41) is 14.1. The van der Waals surface area contributed by atoms with Crippen molar-refractivity contribution in [1.29, 1.82) is 0 Å². The van der Waals surface area contributed by atoms with E-state index in [0.717, 1.165) is 75.5 Å². The van der Waals surface area contributed by atoms with Gasteiger partial charge in [0.05, 0.1) is 18.4 Å². The van der Waals surface area contributed by atoms with Gasteiger partial charge in [0.1, 0.15) is 11.3 Å². The second kappa shape index (κ2) is 10.5. The van der Waals surface area contributed by atoms with E-state index in [2.05, 4.69) is 12.2 Å². The zero-order valence-electron chi connectivity index (χ0n) is 21.4. The maximum atomic E-state index is 14.0. The van der Waals surface area contributed by atoms with E-state index in [1.807, 2.05) is 24.3 Å². The molecular weight excluding hydrogens is 456 g/mol. The number of amides is 2. The van der Waals surface area contributed by atoms with Gasteiger partial charge in [0.2, 0.25) is 11.8 Å². The molecule has 1 aromatic carbocycles. The Labute approximate surface area is 214 Å². The molecule has 2 saturated carbocycles. The fraction of sp³-hybridized carbons (Fsp3) is 0.690. The smallest absolute Gasteiger partial charge is 0.324 e. The number of benzene rings is 1. The van der Waals surface area contributed by atoms with Gasteiger partial charge in [0.15, 0.2) is 0 Å². The number of imide groups is 1. The number of carbonyl (C=O) groups excluding carboxylic acids is 2. The molecule has 0 radical (unpaired) electrons. The standard InChI is InChI=1S/C29H40N2O5/c1-2-17-36-22-15-13-20(14-16-22)25-23-24(27(33)31(26(23)32)21-11-7-4-8-12-21)29(30-25,28(34)35)18-19-9-5-3-6-10-19/h13-16,19,21,23-25,30H,2-12,17-18H2,1H3,(H,34,35). The molecule has 0 spiro atoms. The third kappa shape index (κ3) is 4.44. The molecule has 7 heteroatoms. The molecule has 2 heterocycles. The van der Waals surface area contributed by atoms with Crippen LogP contribution < -0.4 is 10.1 Å². The molecule has 36 heavy (non-hydrogen) atoms. The van der Waals surface area contributed by atoms with Gasteiger partial charge in [-0.2, -0.15) is 0 Å². The Morgan fingerprint density at radius 3 is 2.25 bits per heavy atom. The maximum Gasteiger partial charge on any atom is 0.324 e. The summed E-state index contributed by atoms with van der Waals surface area (Å²) in [5.41, 5.74) is -0.586. The number of likely N-dealkylation sites (tertiary alicyclic amines) is 1. The van der Waals surface area contributed by atoms with Gasteiger partial charge in [-0.15, -0.1) is 0 Å². The zero-order valence-corrected chi connectivity index (χ0v) is 21.4. The molecular formula is C29H40N2O5. The Bertz CT molecular complexity index is 966. The zero-order chi connectivity index (χ0) is 25.3. The van der Waals surface area contributed by atoms with Crippen molar-refractivity contribution in [2.24, 2.45) is 17.8 Å². The van der Waals surface area contributed by atoms with E-state index in [1.54, 1.807) is 0 Å².